The Bertz CT molecular complexity index is 789. The maximum Gasteiger partial charge on any atom is 0.224 e. The van der Waals surface area contributed by atoms with Gasteiger partial charge in [0.2, 0.25) is 5.91 Å². The van der Waals surface area contributed by atoms with E-state index in [0.29, 0.717) is 31.8 Å². The Labute approximate surface area is 167 Å². The van der Waals surface area contributed by atoms with Crippen molar-refractivity contribution in [1.29, 1.82) is 0 Å². The van der Waals surface area contributed by atoms with Crippen LogP contribution in [-0.2, 0) is 15.1 Å². The van der Waals surface area contributed by atoms with Gasteiger partial charge in [-0.25, -0.2) is 4.39 Å². The molecule has 0 spiro atoms. The van der Waals surface area contributed by atoms with Gasteiger partial charge in [0.05, 0.1) is 23.0 Å². The lowest BCUT2D eigenvalue weighted by Gasteiger charge is -2.38. The molecule has 27 heavy (non-hydrogen) atoms. The minimum Gasteiger partial charge on any atom is -0.492 e. The first-order valence-corrected chi connectivity index (χ1v) is 9.82. The molecule has 0 atom stereocenters. The zero-order valence-electron chi connectivity index (χ0n) is 15.3. The first-order chi connectivity index (χ1) is 13.0. The highest BCUT2D eigenvalue weighted by atomic mass is 79.9. The predicted octanol–water partition coefficient (Wildman–Crippen LogP) is 4.49. The molecule has 1 amide bonds. The van der Waals surface area contributed by atoms with E-state index in [1.165, 1.54) is 12.1 Å². The number of benzene rings is 2. The van der Waals surface area contributed by atoms with Gasteiger partial charge in [0.15, 0.2) is 0 Å². The van der Waals surface area contributed by atoms with E-state index in [1.807, 2.05) is 25.1 Å². The molecule has 1 fully saturated rings. The number of halogens is 2. The molecule has 2 aromatic carbocycles. The quantitative estimate of drug-likeness (QED) is 0.726. The number of hydrogen-bond donors (Lipinski definition) is 1. The molecular weight excluding hydrogens is 413 g/mol. The molecule has 1 saturated heterocycles. The third-order valence-corrected chi connectivity index (χ3v) is 5.42. The van der Waals surface area contributed by atoms with Crippen LogP contribution in [0.5, 0.6) is 5.75 Å². The van der Waals surface area contributed by atoms with Crippen LogP contribution in [0.1, 0.15) is 30.4 Å². The van der Waals surface area contributed by atoms with Crippen molar-refractivity contribution in [2.24, 2.45) is 0 Å². The number of nitrogens with one attached hydrogen (secondary N) is 1. The van der Waals surface area contributed by atoms with E-state index >= 15 is 0 Å². The van der Waals surface area contributed by atoms with Crippen LogP contribution in [0.2, 0.25) is 0 Å². The maximum atomic E-state index is 13.3. The smallest absolute Gasteiger partial charge is 0.224 e. The third kappa shape index (κ3) is 5.08. The summed E-state index contributed by atoms with van der Waals surface area (Å²) >= 11 is 3.47. The number of amides is 1. The molecule has 1 N–H and O–H groups in total. The Kier molecular flexibility index (Phi) is 6.50. The average Bonchev–Trinajstić information content (AvgIpc) is 2.65. The molecule has 4 nitrogen and oxygen atoms in total. The zero-order chi connectivity index (χ0) is 19.3. The first-order valence-electron chi connectivity index (χ1n) is 9.02. The van der Waals surface area contributed by atoms with Crippen LogP contribution in [0.15, 0.2) is 46.9 Å². The first kappa shape index (κ1) is 19.8. The van der Waals surface area contributed by atoms with Crippen LogP contribution in [0, 0.1) is 12.7 Å². The summed E-state index contributed by atoms with van der Waals surface area (Å²) in [4.78, 5) is 12.6. The molecule has 1 aliphatic heterocycles. The molecule has 6 heteroatoms. The second-order valence-electron chi connectivity index (χ2n) is 6.78. The lowest BCUT2D eigenvalue weighted by atomic mass is 9.82. The van der Waals surface area contributed by atoms with E-state index in [4.69, 9.17) is 9.47 Å². The monoisotopic (exact) mass is 435 g/mol. The molecule has 1 heterocycles. The largest absolute Gasteiger partial charge is 0.492 e. The molecule has 0 unspecified atom stereocenters. The Morgan fingerprint density at radius 3 is 2.59 bits per heavy atom. The van der Waals surface area contributed by atoms with Gasteiger partial charge in [0.25, 0.3) is 0 Å². The fourth-order valence-corrected chi connectivity index (χ4v) is 3.89. The third-order valence-electron chi connectivity index (χ3n) is 4.80. The summed E-state index contributed by atoms with van der Waals surface area (Å²) in [5.41, 5.74) is 1.52. The fraction of sp³-hybridized carbons (Fsp3) is 0.381. The summed E-state index contributed by atoms with van der Waals surface area (Å²) in [6, 6.07) is 12.2. The van der Waals surface area contributed by atoms with Crippen LogP contribution in [-0.4, -0.2) is 25.7 Å². The summed E-state index contributed by atoms with van der Waals surface area (Å²) in [7, 11) is 0. The van der Waals surface area contributed by atoms with E-state index in [9.17, 15) is 9.18 Å². The second-order valence-corrected chi connectivity index (χ2v) is 7.64. The molecule has 3 rings (SSSR count). The van der Waals surface area contributed by atoms with Crippen molar-refractivity contribution in [2.75, 3.05) is 19.8 Å². The average molecular weight is 436 g/mol. The molecular formula is C21H23BrFNO3. The van der Waals surface area contributed by atoms with Crippen molar-refractivity contribution < 1.29 is 18.7 Å². The fourth-order valence-electron chi connectivity index (χ4n) is 3.28. The minimum atomic E-state index is -0.520. The highest BCUT2D eigenvalue weighted by molar-refractivity contribution is 9.10. The molecule has 2 aromatic rings. The Morgan fingerprint density at radius 1 is 1.22 bits per heavy atom. The van der Waals surface area contributed by atoms with Gasteiger partial charge < -0.3 is 14.8 Å². The zero-order valence-corrected chi connectivity index (χ0v) is 16.9. The SMILES string of the molecule is Cc1ccc(OCCC(=O)NC2(c3ccc(F)cc3)CCOCC2)c(Br)c1. The summed E-state index contributed by atoms with van der Waals surface area (Å²) in [6.45, 7) is 3.41. The van der Waals surface area contributed by atoms with Crippen molar-refractivity contribution in [1.82, 2.24) is 5.32 Å². The molecule has 0 aromatic heterocycles. The van der Waals surface area contributed by atoms with Crippen LogP contribution in [0.25, 0.3) is 0 Å². The Morgan fingerprint density at radius 2 is 1.93 bits per heavy atom. The lowest BCUT2D eigenvalue weighted by molar-refractivity contribution is -0.125. The number of ether oxygens (including phenoxy) is 2. The van der Waals surface area contributed by atoms with E-state index in [2.05, 4.69) is 21.2 Å². The van der Waals surface area contributed by atoms with Crippen LogP contribution >= 0.6 is 15.9 Å². The Balaban J connectivity index is 1.62. The van der Waals surface area contributed by atoms with Gasteiger partial charge in [-0.05, 0) is 71.1 Å². The van der Waals surface area contributed by atoms with E-state index < -0.39 is 5.54 Å². The topological polar surface area (TPSA) is 47.6 Å². The molecule has 1 aliphatic rings. The van der Waals surface area contributed by atoms with Crippen molar-refractivity contribution in [2.45, 2.75) is 31.7 Å². The molecule has 0 aliphatic carbocycles. The number of carbonyl (C=O) groups is 1. The molecule has 144 valence electrons. The van der Waals surface area contributed by atoms with Crippen molar-refractivity contribution in [3.63, 3.8) is 0 Å². The van der Waals surface area contributed by atoms with Gasteiger partial charge in [-0.15, -0.1) is 0 Å². The summed E-state index contributed by atoms with van der Waals surface area (Å²) in [5.74, 6) is 0.335. The van der Waals surface area contributed by atoms with Crippen molar-refractivity contribution in [3.8, 4) is 5.75 Å². The van der Waals surface area contributed by atoms with Gasteiger partial charge in [0, 0.05) is 13.2 Å². The standard InChI is InChI=1S/C21H23BrFNO3/c1-15-2-7-19(18(22)14-15)27-11-8-20(25)24-21(9-12-26-13-10-21)16-3-5-17(23)6-4-16/h2-7,14H,8-13H2,1H3,(H,24,25). The van der Waals surface area contributed by atoms with Gasteiger partial charge in [-0.1, -0.05) is 18.2 Å². The van der Waals surface area contributed by atoms with Gasteiger partial charge in [0.1, 0.15) is 11.6 Å². The highest BCUT2D eigenvalue weighted by Gasteiger charge is 2.35. The number of hydrogen-bond acceptors (Lipinski definition) is 3. The van der Waals surface area contributed by atoms with Crippen LogP contribution in [0.3, 0.4) is 0 Å². The normalized spacial score (nSPS) is 16.0. The van der Waals surface area contributed by atoms with Crippen LogP contribution < -0.4 is 10.1 Å². The van der Waals surface area contributed by atoms with E-state index in [0.717, 1.165) is 15.6 Å². The van der Waals surface area contributed by atoms with E-state index in [1.54, 1.807) is 12.1 Å². The Hall–Kier alpha value is -1.92. The predicted molar refractivity (Wildman–Crippen MR) is 105 cm³/mol. The number of carbonyl (C=O) groups excluding carboxylic acids is 1. The second kappa shape index (κ2) is 8.85. The highest BCUT2D eigenvalue weighted by Crippen LogP contribution is 2.32. The van der Waals surface area contributed by atoms with Gasteiger partial charge in [-0.2, -0.15) is 0 Å². The van der Waals surface area contributed by atoms with Crippen LogP contribution in [0.4, 0.5) is 4.39 Å². The number of aryl methyl sites for hydroxylation is 1. The van der Waals surface area contributed by atoms with Gasteiger partial charge in [-0.3, -0.25) is 4.79 Å². The molecule has 0 bridgehead atoms. The maximum absolute atomic E-state index is 13.3. The summed E-state index contributed by atoms with van der Waals surface area (Å²) in [6.07, 6.45) is 1.56. The minimum absolute atomic E-state index is 0.0931. The van der Waals surface area contributed by atoms with E-state index in [-0.39, 0.29) is 24.8 Å². The van der Waals surface area contributed by atoms with Crippen molar-refractivity contribution >= 4 is 21.8 Å². The number of rotatable bonds is 6. The molecule has 0 radical (unpaired) electrons. The van der Waals surface area contributed by atoms with Crippen molar-refractivity contribution in [3.05, 3.63) is 63.9 Å². The summed E-state index contributed by atoms with van der Waals surface area (Å²) in [5, 5.41) is 3.15. The molecule has 0 saturated carbocycles. The lowest BCUT2D eigenvalue weighted by Crippen LogP contribution is -2.49. The summed E-state index contributed by atoms with van der Waals surface area (Å²) < 4.78 is 25.3. The van der Waals surface area contributed by atoms with Gasteiger partial charge >= 0.3 is 0 Å².